The number of hydrogen-bond donors (Lipinski definition) is 0. The third-order valence-electron chi connectivity index (χ3n) is 5.76. The molecule has 2 aliphatic rings. The second-order valence-electron chi connectivity index (χ2n) is 7.90. The minimum atomic E-state index is -3.57. The van der Waals surface area contributed by atoms with Gasteiger partial charge in [0.1, 0.15) is 0 Å². The van der Waals surface area contributed by atoms with Crippen LogP contribution in [0.25, 0.3) is 0 Å². The summed E-state index contributed by atoms with van der Waals surface area (Å²) in [6, 6.07) is 6.89. The lowest BCUT2D eigenvalue weighted by Crippen LogP contribution is -2.48. The Labute approximate surface area is 196 Å². The number of ether oxygens (including phenoxy) is 1. The van der Waals surface area contributed by atoms with Crippen molar-refractivity contribution >= 4 is 50.5 Å². The van der Waals surface area contributed by atoms with Gasteiger partial charge >= 0.3 is 0 Å². The van der Waals surface area contributed by atoms with Crippen LogP contribution in [0.3, 0.4) is 0 Å². The van der Waals surface area contributed by atoms with Gasteiger partial charge in [-0.1, -0.05) is 29.3 Å². The predicted molar refractivity (Wildman–Crippen MR) is 123 cm³/mol. The van der Waals surface area contributed by atoms with E-state index in [-0.39, 0.29) is 31.1 Å². The fourth-order valence-electron chi connectivity index (χ4n) is 4.22. The molecule has 31 heavy (non-hydrogen) atoms. The highest BCUT2D eigenvalue weighted by Crippen LogP contribution is 2.41. The molecule has 2 atom stereocenters. The highest BCUT2D eigenvalue weighted by atomic mass is 35.5. The Morgan fingerprint density at radius 2 is 2.10 bits per heavy atom. The first kappa shape index (κ1) is 23.0. The van der Waals surface area contributed by atoms with Crippen molar-refractivity contribution in [2.45, 2.75) is 31.4 Å². The molecule has 6 nitrogen and oxygen atoms in total. The van der Waals surface area contributed by atoms with Crippen LogP contribution < -0.4 is 0 Å². The number of fused-ring (bicyclic) bond motifs is 1. The highest BCUT2D eigenvalue weighted by molar-refractivity contribution is 7.88. The second kappa shape index (κ2) is 9.37. The van der Waals surface area contributed by atoms with Gasteiger partial charge < -0.3 is 9.64 Å². The number of benzene rings is 1. The molecule has 0 aliphatic carbocycles. The number of nitrogens with zero attached hydrogens (tertiary/aromatic N) is 2. The van der Waals surface area contributed by atoms with Crippen molar-refractivity contribution in [3.05, 3.63) is 55.7 Å². The van der Waals surface area contributed by atoms with Gasteiger partial charge in [-0.25, -0.2) is 8.42 Å². The van der Waals surface area contributed by atoms with Gasteiger partial charge in [-0.05, 0) is 54.0 Å². The van der Waals surface area contributed by atoms with E-state index in [4.69, 9.17) is 27.9 Å². The predicted octanol–water partition coefficient (Wildman–Crippen LogP) is 3.97. The van der Waals surface area contributed by atoms with Crippen molar-refractivity contribution in [1.82, 2.24) is 9.21 Å². The van der Waals surface area contributed by atoms with Crippen LogP contribution in [0.1, 0.15) is 34.9 Å². The summed E-state index contributed by atoms with van der Waals surface area (Å²) in [4.78, 5) is 16.4. The Bertz CT molecular complexity index is 1070. The third-order valence-corrected chi connectivity index (χ3v) is 8.53. The molecule has 0 bridgehead atoms. The number of rotatable bonds is 6. The average Bonchev–Trinajstić information content (AvgIpc) is 3.38. The van der Waals surface area contributed by atoms with Crippen LogP contribution in [0, 0.1) is 0 Å². The zero-order valence-electron chi connectivity index (χ0n) is 17.1. The van der Waals surface area contributed by atoms with Crippen molar-refractivity contribution < 1.29 is 17.9 Å². The molecule has 1 aromatic heterocycles. The molecule has 10 heteroatoms. The zero-order valence-corrected chi connectivity index (χ0v) is 20.2. The van der Waals surface area contributed by atoms with Crippen molar-refractivity contribution in [2.24, 2.45) is 0 Å². The molecule has 1 fully saturated rings. The first-order valence-electron chi connectivity index (χ1n) is 10.1. The molecule has 3 heterocycles. The van der Waals surface area contributed by atoms with E-state index in [9.17, 15) is 13.2 Å². The zero-order chi connectivity index (χ0) is 22.2. The Kier molecular flexibility index (Phi) is 6.96. The van der Waals surface area contributed by atoms with E-state index in [1.807, 2.05) is 17.5 Å². The smallest absolute Gasteiger partial charge is 0.238 e. The van der Waals surface area contributed by atoms with Gasteiger partial charge in [-0.3, -0.25) is 4.79 Å². The van der Waals surface area contributed by atoms with Crippen LogP contribution in [0.4, 0.5) is 0 Å². The monoisotopic (exact) mass is 502 g/mol. The summed E-state index contributed by atoms with van der Waals surface area (Å²) in [6.07, 6.45) is 3.39. The molecule has 4 rings (SSSR count). The molecular formula is C21H24Cl2N2O4S2. The fraction of sp³-hybridized carbons (Fsp3) is 0.476. The van der Waals surface area contributed by atoms with E-state index >= 15 is 0 Å². The lowest BCUT2D eigenvalue weighted by molar-refractivity contribution is -0.133. The van der Waals surface area contributed by atoms with Crippen molar-refractivity contribution in [3.63, 3.8) is 0 Å². The first-order valence-corrected chi connectivity index (χ1v) is 13.6. The van der Waals surface area contributed by atoms with E-state index in [0.29, 0.717) is 23.2 Å². The van der Waals surface area contributed by atoms with E-state index in [2.05, 4.69) is 0 Å². The van der Waals surface area contributed by atoms with E-state index < -0.39 is 10.0 Å². The molecule has 0 N–H and O–H groups in total. The van der Waals surface area contributed by atoms with Gasteiger partial charge in [0, 0.05) is 34.6 Å². The standard InChI is InChI=1S/C21H24Cl2N2O4S2/c1-31(27,28)24(12-15-3-2-9-29-15)13-20(26)25-8-6-19-17(7-10-30-19)21(25)16-5-4-14(22)11-18(16)23/h4-5,7,10-11,15,21H,2-3,6,8-9,12-13H2,1H3. The van der Waals surface area contributed by atoms with E-state index in [0.717, 1.165) is 36.6 Å². The molecule has 0 spiro atoms. The molecule has 2 aromatic rings. The summed E-state index contributed by atoms with van der Waals surface area (Å²) in [6.45, 7) is 1.09. The van der Waals surface area contributed by atoms with Crippen LogP contribution in [0.2, 0.25) is 10.0 Å². The topological polar surface area (TPSA) is 66.9 Å². The summed E-state index contributed by atoms with van der Waals surface area (Å²) in [5.41, 5.74) is 1.81. The molecule has 168 valence electrons. The summed E-state index contributed by atoms with van der Waals surface area (Å²) < 4.78 is 31.6. The van der Waals surface area contributed by atoms with Crippen LogP contribution in [-0.4, -0.2) is 62.1 Å². The number of carbonyl (C=O) groups excluding carboxylic acids is 1. The Balaban J connectivity index is 1.63. The summed E-state index contributed by atoms with van der Waals surface area (Å²) in [7, 11) is -3.57. The number of halogens is 2. The maximum atomic E-state index is 13.4. The second-order valence-corrected chi connectivity index (χ2v) is 11.7. The van der Waals surface area contributed by atoms with Gasteiger partial charge in [0.05, 0.1) is 24.9 Å². The summed E-state index contributed by atoms with van der Waals surface area (Å²) in [5.74, 6) is -0.253. The minimum absolute atomic E-state index is 0.172. The SMILES string of the molecule is CS(=O)(=O)N(CC(=O)N1CCc2sccc2C1c1ccc(Cl)cc1Cl)CC1CCCO1. The summed E-state index contributed by atoms with van der Waals surface area (Å²) >= 11 is 14.3. The Morgan fingerprint density at radius 3 is 2.77 bits per heavy atom. The van der Waals surface area contributed by atoms with Gasteiger partial charge in [-0.15, -0.1) is 11.3 Å². The average molecular weight is 503 g/mol. The fourth-order valence-corrected chi connectivity index (χ4v) is 6.42. The summed E-state index contributed by atoms with van der Waals surface area (Å²) in [5, 5.41) is 3.01. The third kappa shape index (κ3) is 5.10. The largest absolute Gasteiger partial charge is 0.377 e. The van der Waals surface area contributed by atoms with Gasteiger partial charge in [0.25, 0.3) is 0 Å². The normalized spacial score (nSPS) is 21.5. The molecule has 2 aliphatic heterocycles. The number of sulfonamides is 1. The van der Waals surface area contributed by atoms with Gasteiger partial charge in [0.15, 0.2) is 0 Å². The van der Waals surface area contributed by atoms with Crippen LogP contribution in [0.15, 0.2) is 29.6 Å². The highest BCUT2D eigenvalue weighted by Gasteiger charge is 2.36. The number of hydrogen-bond acceptors (Lipinski definition) is 5. The maximum absolute atomic E-state index is 13.4. The van der Waals surface area contributed by atoms with Crippen molar-refractivity contribution in [2.75, 3.05) is 32.5 Å². The molecule has 2 unspecified atom stereocenters. The van der Waals surface area contributed by atoms with E-state index in [1.165, 1.54) is 9.18 Å². The van der Waals surface area contributed by atoms with Gasteiger partial charge in [-0.2, -0.15) is 4.31 Å². The lowest BCUT2D eigenvalue weighted by Gasteiger charge is -2.38. The van der Waals surface area contributed by atoms with Crippen molar-refractivity contribution in [3.8, 4) is 0 Å². The molecular weight excluding hydrogens is 479 g/mol. The first-order chi connectivity index (χ1) is 14.7. The van der Waals surface area contributed by atoms with Crippen LogP contribution >= 0.6 is 34.5 Å². The van der Waals surface area contributed by atoms with E-state index in [1.54, 1.807) is 28.4 Å². The molecule has 1 saturated heterocycles. The minimum Gasteiger partial charge on any atom is -0.377 e. The number of thiophene rings is 1. The Morgan fingerprint density at radius 1 is 1.29 bits per heavy atom. The van der Waals surface area contributed by atoms with Crippen LogP contribution in [0.5, 0.6) is 0 Å². The maximum Gasteiger partial charge on any atom is 0.238 e. The van der Waals surface area contributed by atoms with Gasteiger partial charge in [0.2, 0.25) is 15.9 Å². The quantitative estimate of drug-likeness (QED) is 0.599. The van der Waals surface area contributed by atoms with Crippen molar-refractivity contribution in [1.29, 1.82) is 0 Å². The molecule has 0 radical (unpaired) electrons. The molecule has 0 saturated carbocycles. The Hall–Kier alpha value is -1.16. The number of carbonyl (C=O) groups is 1. The molecule has 1 aromatic carbocycles. The molecule has 1 amide bonds. The van der Waals surface area contributed by atoms with Crippen LogP contribution in [-0.2, 0) is 26.0 Å². The lowest BCUT2D eigenvalue weighted by atomic mass is 9.93. The number of amides is 1.